The Morgan fingerprint density at radius 1 is 1.28 bits per heavy atom. The molecule has 0 radical (unpaired) electrons. The van der Waals surface area contributed by atoms with Crippen LogP contribution in [-0.2, 0) is 0 Å². The Kier molecular flexibility index (Phi) is 4.45. The third kappa shape index (κ3) is 2.77. The van der Waals surface area contributed by atoms with Gasteiger partial charge in [-0.1, -0.05) is 29.8 Å². The number of thioether (sulfide) groups is 2. The number of allylic oxidation sites excluding steroid dienone is 2. The van der Waals surface area contributed by atoms with Crippen LogP contribution in [0.3, 0.4) is 0 Å². The van der Waals surface area contributed by atoms with E-state index in [0.29, 0.717) is 9.60 Å². The van der Waals surface area contributed by atoms with Crippen molar-refractivity contribution in [2.45, 2.75) is 18.4 Å². The number of hydrogen-bond acceptors (Lipinski definition) is 3. The standard InChI is InChI=1S/C14H12ClNS2/c1-3-13-12(8-16)14(18-9(2)17-13)10-4-6-11(15)7-5-10/h3-7,9H,1-2H3/b13-3-. The highest BCUT2D eigenvalue weighted by Gasteiger charge is 2.24. The second-order valence-corrected chi connectivity index (χ2v) is 7.25. The molecule has 1 aliphatic heterocycles. The highest BCUT2D eigenvalue weighted by Crippen LogP contribution is 2.49. The molecule has 1 nitrogen and oxygen atoms in total. The van der Waals surface area contributed by atoms with Crippen molar-refractivity contribution in [2.24, 2.45) is 0 Å². The number of benzene rings is 1. The summed E-state index contributed by atoms with van der Waals surface area (Å²) in [6.07, 6.45) is 2.01. The molecule has 1 atom stereocenters. The van der Waals surface area contributed by atoms with Gasteiger partial charge in [-0.15, -0.1) is 23.5 Å². The number of nitrogens with zero attached hydrogens (tertiary/aromatic N) is 1. The fourth-order valence-corrected chi connectivity index (χ4v) is 4.35. The lowest BCUT2D eigenvalue weighted by molar-refractivity contribution is 1.41. The van der Waals surface area contributed by atoms with Crippen molar-refractivity contribution < 1.29 is 0 Å². The van der Waals surface area contributed by atoms with E-state index in [0.717, 1.165) is 20.9 Å². The SMILES string of the molecule is C/C=C1\SC(C)SC(c2ccc(Cl)cc2)=C1C#N. The highest BCUT2D eigenvalue weighted by atomic mass is 35.5. The van der Waals surface area contributed by atoms with Crippen molar-refractivity contribution in [1.29, 1.82) is 5.26 Å². The van der Waals surface area contributed by atoms with Crippen LogP contribution in [0.2, 0.25) is 5.02 Å². The van der Waals surface area contributed by atoms with Gasteiger partial charge in [0.2, 0.25) is 0 Å². The second kappa shape index (κ2) is 5.88. The molecule has 0 bridgehead atoms. The lowest BCUT2D eigenvalue weighted by Gasteiger charge is -2.23. The van der Waals surface area contributed by atoms with Gasteiger partial charge in [-0.25, -0.2) is 0 Å². The van der Waals surface area contributed by atoms with Gasteiger partial charge in [-0.05, 0) is 31.5 Å². The van der Waals surface area contributed by atoms with Gasteiger partial charge in [0.15, 0.2) is 0 Å². The first-order chi connectivity index (χ1) is 8.65. The summed E-state index contributed by atoms with van der Waals surface area (Å²) in [6, 6.07) is 9.99. The van der Waals surface area contributed by atoms with Gasteiger partial charge in [-0.2, -0.15) is 5.26 Å². The molecular formula is C14H12ClNS2. The van der Waals surface area contributed by atoms with Crippen molar-refractivity contribution in [3.05, 3.63) is 51.4 Å². The molecule has 1 heterocycles. The predicted molar refractivity (Wildman–Crippen MR) is 82.4 cm³/mol. The maximum Gasteiger partial charge on any atom is 0.101 e. The van der Waals surface area contributed by atoms with E-state index in [2.05, 4.69) is 13.0 Å². The monoisotopic (exact) mass is 293 g/mol. The highest BCUT2D eigenvalue weighted by molar-refractivity contribution is 8.23. The summed E-state index contributed by atoms with van der Waals surface area (Å²) >= 11 is 9.37. The van der Waals surface area contributed by atoms with Crippen LogP contribution < -0.4 is 0 Å². The topological polar surface area (TPSA) is 23.8 Å². The van der Waals surface area contributed by atoms with Crippen LogP contribution in [0.15, 0.2) is 40.8 Å². The summed E-state index contributed by atoms with van der Waals surface area (Å²) in [6.45, 7) is 4.13. The van der Waals surface area contributed by atoms with Crippen molar-refractivity contribution in [2.75, 3.05) is 0 Å². The number of halogens is 1. The largest absolute Gasteiger partial charge is 0.192 e. The van der Waals surface area contributed by atoms with E-state index in [1.165, 1.54) is 0 Å². The molecule has 0 amide bonds. The lowest BCUT2D eigenvalue weighted by Crippen LogP contribution is -2.02. The van der Waals surface area contributed by atoms with Gasteiger partial charge in [0.25, 0.3) is 0 Å². The molecule has 0 spiro atoms. The summed E-state index contributed by atoms with van der Waals surface area (Å²) in [7, 11) is 0. The fraction of sp³-hybridized carbons (Fsp3) is 0.214. The second-order valence-electron chi connectivity index (χ2n) is 3.78. The molecule has 18 heavy (non-hydrogen) atoms. The molecule has 1 aromatic carbocycles. The Morgan fingerprint density at radius 2 is 1.94 bits per heavy atom. The summed E-state index contributed by atoms with van der Waals surface area (Å²) in [4.78, 5) is 2.11. The first-order valence-electron chi connectivity index (χ1n) is 5.56. The molecule has 0 N–H and O–H groups in total. The van der Waals surface area contributed by atoms with Gasteiger partial charge < -0.3 is 0 Å². The van der Waals surface area contributed by atoms with E-state index in [1.54, 1.807) is 23.5 Å². The Balaban J connectivity index is 2.54. The average molecular weight is 294 g/mol. The summed E-state index contributed by atoms with van der Waals surface area (Å²) in [5, 5.41) is 10.1. The van der Waals surface area contributed by atoms with E-state index < -0.39 is 0 Å². The number of rotatable bonds is 1. The first kappa shape index (κ1) is 13.6. The molecule has 0 fully saturated rings. The molecule has 0 saturated carbocycles. The quantitative estimate of drug-likeness (QED) is 0.701. The van der Waals surface area contributed by atoms with E-state index in [-0.39, 0.29) is 0 Å². The molecule has 92 valence electrons. The van der Waals surface area contributed by atoms with E-state index in [4.69, 9.17) is 11.6 Å². The maximum atomic E-state index is 9.36. The third-order valence-corrected chi connectivity index (χ3v) is 5.39. The van der Waals surface area contributed by atoms with Crippen molar-refractivity contribution in [3.63, 3.8) is 0 Å². The Labute approximate surface area is 121 Å². The maximum absolute atomic E-state index is 9.36. The van der Waals surface area contributed by atoms with Gasteiger partial charge in [0.05, 0.1) is 10.2 Å². The van der Waals surface area contributed by atoms with Gasteiger partial charge in [0, 0.05) is 14.8 Å². The minimum Gasteiger partial charge on any atom is -0.192 e. The Bertz CT molecular complexity index is 552. The molecular weight excluding hydrogens is 282 g/mol. The fourth-order valence-electron chi connectivity index (χ4n) is 1.73. The van der Waals surface area contributed by atoms with Crippen LogP contribution in [0.1, 0.15) is 19.4 Å². The van der Waals surface area contributed by atoms with Crippen LogP contribution >= 0.6 is 35.1 Å². The van der Waals surface area contributed by atoms with Crippen molar-refractivity contribution in [3.8, 4) is 6.07 Å². The van der Waals surface area contributed by atoms with Crippen LogP contribution in [0, 0.1) is 11.3 Å². The van der Waals surface area contributed by atoms with Crippen LogP contribution in [-0.4, -0.2) is 4.58 Å². The minimum atomic E-state index is 0.416. The minimum absolute atomic E-state index is 0.416. The zero-order valence-electron chi connectivity index (χ0n) is 10.1. The molecule has 1 aliphatic rings. The van der Waals surface area contributed by atoms with Crippen LogP contribution in [0.4, 0.5) is 0 Å². The summed E-state index contributed by atoms with van der Waals surface area (Å²) in [5.74, 6) is 0. The number of hydrogen-bond donors (Lipinski definition) is 0. The van der Waals surface area contributed by atoms with Gasteiger partial charge >= 0.3 is 0 Å². The van der Waals surface area contributed by atoms with Gasteiger partial charge in [0.1, 0.15) is 6.07 Å². The zero-order chi connectivity index (χ0) is 13.1. The molecule has 1 unspecified atom stereocenters. The van der Waals surface area contributed by atoms with E-state index >= 15 is 0 Å². The summed E-state index contributed by atoms with van der Waals surface area (Å²) in [5.41, 5.74) is 1.83. The molecule has 1 aromatic rings. The predicted octanol–water partition coefficient (Wildman–Crippen LogP) is 5.30. The summed E-state index contributed by atoms with van der Waals surface area (Å²) < 4.78 is 0.416. The Hall–Kier alpha value is -0.820. The zero-order valence-corrected chi connectivity index (χ0v) is 12.5. The van der Waals surface area contributed by atoms with Crippen LogP contribution in [0.25, 0.3) is 4.91 Å². The average Bonchev–Trinajstić information content (AvgIpc) is 2.38. The Morgan fingerprint density at radius 3 is 2.50 bits per heavy atom. The third-order valence-electron chi connectivity index (χ3n) is 2.53. The van der Waals surface area contributed by atoms with Crippen LogP contribution in [0.5, 0.6) is 0 Å². The van der Waals surface area contributed by atoms with Crippen molar-refractivity contribution in [1.82, 2.24) is 0 Å². The normalized spacial score (nSPS) is 22.1. The lowest BCUT2D eigenvalue weighted by atomic mass is 10.1. The van der Waals surface area contributed by atoms with E-state index in [9.17, 15) is 5.26 Å². The first-order valence-corrected chi connectivity index (χ1v) is 7.69. The number of nitriles is 1. The van der Waals surface area contributed by atoms with Crippen molar-refractivity contribution >= 4 is 40.0 Å². The van der Waals surface area contributed by atoms with E-state index in [1.807, 2.05) is 37.3 Å². The molecule has 0 aromatic heterocycles. The molecule has 0 aliphatic carbocycles. The molecule has 2 rings (SSSR count). The smallest absolute Gasteiger partial charge is 0.101 e. The molecule has 4 heteroatoms. The molecule has 0 saturated heterocycles. The van der Waals surface area contributed by atoms with Gasteiger partial charge in [-0.3, -0.25) is 0 Å².